The molecule has 0 amide bonds. The molecule has 0 aromatic rings. The van der Waals surface area contributed by atoms with Crippen LogP contribution in [0.4, 0.5) is 0 Å². The van der Waals surface area contributed by atoms with E-state index < -0.39 is 0 Å². The average molecular weight is 212 g/mol. The normalized spacial score (nSPS) is 34.2. The van der Waals surface area contributed by atoms with Crippen molar-refractivity contribution in [2.24, 2.45) is 0 Å². The molecule has 0 spiro atoms. The number of rotatable bonds is 3. The zero-order chi connectivity index (χ0) is 10.5. The quantitative estimate of drug-likeness (QED) is 0.769. The molecule has 0 aliphatic carbocycles. The second kappa shape index (κ2) is 5.83. The fourth-order valence-electron chi connectivity index (χ4n) is 2.76. The first-order valence-corrected chi connectivity index (χ1v) is 6.49. The third-order valence-corrected chi connectivity index (χ3v) is 3.65. The van der Waals surface area contributed by atoms with E-state index in [1.807, 2.05) is 0 Å². The molecular formula is C12H24N2O. The van der Waals surface area contributed by atoms with Crippen LogP contribution >= 0.6 is 0 Å². The van der Waals surface area contributed by atoms with E-state index in [0.29, 0.717) is 6.23 Å². The Kier molecular flexibility index (Phi) is 4.42. The fourth-order valence-corrected chi connectivity index (χ4v) is 2.76. The Morgan fingerprint density at radius 1 is 1.33 bits per heavy atom. The summed E-state index contributed by atoms with van der Waals surface area (Å²) in [6.07, 6.45) is 6.79. The van der Waals surface area contributed by atoms with E-state index in [4.69, 9.17) is 4.74 Å². The third kappa shape index (κ3) is 3.16. The van der Waals surface area contributed by atoms with Crippen molar-refractivity contribution in [2.75, 3.05) is 26.2 Å². The Labute approximate surface area is 93.2 Å². The van der Waals surface area contributed by atoms with Crippen LogP contribution in [0.3, 0.4) is 0 Å². The van der Waals surface area contributed by atoms with Gasteiger partial charge in [-0.15, -0.1) is 0 Å². The van der Waals surface area contributed by atoms with E-state index in [1.54, 1.807) is 0 Å². The van der Waals surface area contributed by atoms with Crippen molar-refractivity contribution < 1.29 is 4.74 Å². The van der Waals surface area contributed by atoms with Gasteiger partial charge < -0.3 is 9.64 Å². The van der Waals surface area contributed by atoms with Crippen molar-refractivity contribution in [3.8, 4) is 0 Å². The molecule has 2 heterocycles. The number of likely N-dealkylation sites (tertiary alicyclic amines) is 1. The maximum Gasteiger partial charge on any atom is 0.109 e. The number of nitrogens with zero attached hydrogens (tertiary/aromatic N) is 1. The van der Waals surface area contributed by atoms with Crippen molar-refractivity contribution >= 4 is 0 Å². The maximum atomic E-state index is 5.74. The van der Waals surface area contributed by atoms with Crippen LogP contribution in [0.2, 0.25) is 0 Å². The Morgan fingerprint density at radius 3 is 3.00 bits per heavy atom. The molecule has 2 aliphatic rings. The Hall–Kier alpha value is -0.120. The van der Waals surface area contributed by atoms with Crippen LogP contribution < -0.4 is 5.32 Å². The Morgan fingerprint density at radius 2 is 2.27 bits per heavy atom. The van der Waals surface area contributed by atoms with Crippen LogP contribution in [-0.2, 0) is 4.74 Å². The van der Waals surface area contributed by atoms with Crippen molar-refractivity contribution in [1.29, 1.82) is 0 Å². The molecule has 1 N–H and O–H groups in total. The van der Waals surface area contributed by atoms with Crippen LogP contribution in [-0.4, -0.2) is 43.4 Å². The van der Waals surface area contributed by atoms with Gasteiger partial charge in [0.1, 0.15) is 6.23 Å². The van der Waals surface area contributed by atoms with Gasteiger partial charge in [-0.2, -0.15) is 0 Å². The van der Waals surface area contributed by atoms with Crippen molar-refractivity contribution in [2.45, 2.75) is 51.3 Å². The lowest BCUT2D eigenvalue weighted by atomic mass is 9.98. The van der Waals surface area contributed by atoms with Gasteiger partial charge in [-0.25, -0.2) is 0 Å². The summed E-state index contributed by atoms with van der Waals surface area (Å²) in [5.74, 6) is 0. The summed E-state index contributed by atoms with van der Waals surface area (Å²) in [5.41, 5.74) is 0. The predicted octanol–water partition coefficient (Wildman–Crippen LogP) is 1.59. The molecule has 0 aromatic carbocycles. The summed E-state index contributed by atoms with van der Waals surface area (Å²) < 4.78 is 5.74. The van der Waals surface area contributed by atoms with Crippen LogP contribution in [0.1, 0.15) is 39.0 Å². The first-order valence-electron chi connectivity index (χ1n) is 6.49. The largest absolute Gasteiger partial charge is 0.363 e. The molecule has 0 radical (unpaired) electrons. The molecule has 2 aliphatic heterocycles. The minimum Gasteiger partial charge on any atom is -0.363 e. The van der Waals surface area contributed by atoms with Gasteiger partial charge in [0.25, 0.3) is 0 Å². The van der Waals surface area contributed by atoms with Gasteiger partial charge in [0.2, 0.25) is 0 Å². The van der Waals surface area contributed by atoms with E-state index in [-0.39, 0.29) is 0 Å². The molecule has 3 nitrogen and oxygen atoms in total. The van der Waals surface area contributed by atoms with Gasteiger partial charge in [0.15, 0.2) is 0 Å². The number of nitrogens with one attached hydrogen (secondary N) is 1. The SMILES string of the molecule is CCN1CCCCC1CC1NCCCO1. The molecule has 88 valence electrons. The second-order valence-corrected chi connectivity index (χ2v) is 4.68. The highest BCUT2D eigenvalue weighted by atomic mass is 16.5. The van der Waals surface area contributed by atoms with Crippen molar-refractivity contribution in [3.05, 3.63) is 0 Å². The van der Waals surface area contributed by atoms with Crippen molar-refractivity contribution in [3.63, 3.8) is 0 Å². The average Bonchev–Trinajstić information content (AvgIpc) is 2.31. The third-order valence-electron chi connectivity index (χ3n) is 3.65. The van der Waals surface area contributed by atoms with E-state index in [2.05, 4.69) is 17.1 Å². The molecule has 0 bridgehead atoms. The molecule has 0 aromatic heterocycles. The molecular weight excluding hydrogens is 188 g/mol. The Bertz CT molecular complexity index is 180. The van der Waals surface area contributed by atoms with Crippen LogP contribution in [0.15, 0.2) is 0 Å². The molecule has 15 heavy (non-hydrogen) atoms. The number of ether oxygens (including phenoxy) is 1. The highest BCUT2D eigenvalue weighted by Gasteiger charge is 2.25. The molecule has 2 saturated heterocycles. The molecule has 0 saturated carbocycles. The molecule has 2 rings (SSSR count). The van der Waals surface area contributed by atoms with Crippen LogP contribution in [0, 0.1) is 0 Å². The fraction of sp³-hybridized carbons (Fsp3) is 1.00. The first kappa shape index (κ1) is 11.4. The standard InChI is InChI=1S/C12H24N2O/c1-2-14-8-4-3-6-11(14)10-12-13-7-5-9-15-12/h11-13H,2-10H2,1H3. The summed E-state index contributed by atoms with van der Waals surface area (Å²) in [6.45, 7) is 6.82. The zero-order valence-electron chi connectivity index (χ0n) is 9.87. The summed E-state index contributed by atoms with van der Waals surface area (Å²) in [7, 11) is 0. The van der Waals surface area contributed by atoms with E-state index >= 15 is 0 Å². The lowest BCUT2D eigenvalue weighted by Crippen LogP contribution is -2.46. The minimum absolute atomic E-state index is 0.316. The van der Waals surface area contributed by atoms with Gasteiger partial charge in [0.05, 0.1) is 0 Å². The van der Waals surface area contributed by atoms with Gasteiger partial charge in [-0.05, 0) is 38.9 Å². The van der Waals surface area contributed by atoms with E-state index in [0.717, 1.165) is 19.2 Å². The van der Waals surface area contributed by atoms with E-state index in [9.17, 15) is 0 Å². The molecule has 2 atom stereocenters. The van der Waals surface area contributed by atoms with Gasteiger partial charge in [-0.1, -0.05) is 13.3 Å². The smallest absolute Gasteiger partial charge is 0.109 e. The summed E-state index contributed by atoms with van der Waals surface area (Å²) in [6, 6.07) is 0.749. The topological polar surface area (TPSA) is 24.5 Å². The number of hydrogen-bond donors (Lipinski definition) is 1. The monoisotopic (exact) mass is 212 g/mol. The number of hydrogen-bond acceptors (Lipinski definition) is 3. The Balaban J connectivity index is 1.79. The van der Waals surface area contributed by atoms with Gasteiger partial charge in [0, 0.05) is 19.1 Å². The number of piperidine rings is 1. The zero-order valence-corrected chi connectivity index (χ0v) is 9.87. The van der Waals surface area contributed by atoms with Gasteiger partial charge >= 0.3 is 0 Å². The predicted molar refractivity (Wildman–Crippen MR) is 61.9 cm³/mol. The summed E-state index contributed by atoms with van der Waals surface area (Å²) in [4.78, 5) is 2.61. The minimum atomic E-state index is 0.316. The molecule has 3 heteroatoms. The highest BCUT2D eigenvalue weighted by Crippen LogP contribution is 2.21. The second-order valence-electron chi connectivity index (χ2n) is 4.68. The summed E-state index contributed by atoms with van der Waals surface area (Å²) >= 11 is 0. The molecule has 2 unspecified atom stereocenters. The van der Waals surface area contributed by atoms with Crippen LogP contribution in [0.25, 0.3) is 0 Å². The van der Waals surface area contributed by atoms with E-state index in [1.165, 1.54) is 45.2 Å². The first-order chi connectivity index (χ1) is 7.40. The summed E-state index contributed by atoms with van der Waals surface area (Å²) in [5, 5.41) is 3.46. The maximum absolute atomic E-state index is 5.74. The van der Waals surface area contributed by atoms with Crippen LogP contribution in [0.5, 0.6) is 0 Å². The highest BCUT2D eigenvalue weighted by molar-refractivity contribution is 4.79. The lowest BCUT2D eigenvalue weighted by Gasteiger charge is -2.37. The molecule has 2 fully saturated rings. The van der Waals surface area contributed by atoms with Crippen molar-refractivity contribution in [1.82, 2.24) is 10.2 Å². The van der Waals surface area contributed by atoms with Gasteiger partial charge in [-0.3, -0.25) is 5.32 Å². The lowest BCUT2D eigenvalue weighted by molar-refractivity contribution is -0.0246.